The van der Waals surface area contributed by atoms with Gasteiger partial charge in [0.2, 0.25) is 5.91 Å². The summed E-state index contributed by atoms with van der Waals surface area (Å²) in [5, 5.41) is 2.94. The number of benzene rings is 1. The van der Waals surface area contributed by atoms with Crippen molar-refractivity contribution in [3.05, 3.63) is 35.9 Å². The highest BCUT2D eigenvalue weighted by molar-refractivity contribution is 5.85. The summed E-state index contributed by atoms with van der Waals surface area (Å²) >= 11 is 0. The minimum absolute atomic E-state index is 0. The highest BCUT2D eigenvalue weighted by atomic mass is 35.5. The number of carbonyl (C=O) groups is 1. The maximum atomic E-state index is 11.8. The van der Waals surface area contributed by atoms with E-state index in [1.807, 2.05) is 30.3 Å². The first-order valence-electron chi connectivity index (χ1n) is 6.16. The molecule has 0 bridgehead atoms. The van der Waals surface area contributed by atoms with Crippen molar-refractivity contribution >= 4 is 18.3 Å². The van der Waals surface area contributed by atoms with Crippen LogP contribution in [0.3, 0.4) is 0 Å². The van der Waals surface area contributed by atoms with Gasteiger partial charge in [-0.3, -0.25) is 4.79 Å². The molecular weight excluding hydrogens is 248 g/mol. The minimum atomic E-state index is -0.445. The zero-order valence-electron chi connectivity index (χ0n) is 10.7. The van der Waals surface area contributed by atoms with E-state index in [9.17, 15) is 4.79 Å². The second kappa shape index (κ2) is 6.21. The molecule has 1 aromatic rings. The number of hydrogen-bond donors (Lipinski definition) is 2. The number of hydrogen-bond acceptors (Lipinski definition) is 2. The van der Waals surface area contributed by atoms with Crippen LogP contribution in [0.1, 0.15) is 25.3 Å². The fraction of sp³-hybridized carbons (Fsp3) is 0.500. The number of amides is 1. The molecule has 18 heavy (non-hydrogen) atoms. The van der Waals surface area contributed by atoms with Gasteiger partial charge in [-0.25, -0.2) is 0 Å². The number of halogens is 1. The lowest BCUT2D eigenvalue weighted by atomic mass is 10.1. The van der Waals surface area contributed by atoms with E-state index in [2.05, 4.69) is 12.2 Å². The summed E-state index contributed by atoms with van der Waals surface area (Å²) in [7, 11) is 0. The first-order chi connectivity index (χ1) is 8.09. The van der Waals surface area contributed by atoms with Crippen molar-refractivity contribution in [2.24, 2.45) is 11.1 Å². The third kappa shape index (κ3) is 4.31. The van der Waals surface area contributed by atoms with Gasteiger partial charge in [0.05, 0.1) is 6.04 Å². The van der Waals surface area contributed by atoms with Crippen molar-refractivity contribution in [3.8, 4) is 0 Å². The Labute approximate surface area is 115 Å². The molecule has 1 aromatic carbocycles. The van der Waals surface area contributed by atoms with E-state index in [1.165, 1.54) is 12.8 Å². The van der Waals surface area contributed by atoms with Crippen LogP contribution in [0.25, 0.3) is 0 Å². The van der Waals surface area contributed by atoms with Gasteiger partial charge in [0, 0.05) is 6.54 Å². The first kappa shape index (κ1) is 15.0. The monoisotopic (exact) mass is 268 g/mol. The summed E-state index contributed by atoms with van der Waals surface area (Å²) in [5.74, 6) is -0.0398. The van der Waals surface area contributed by atoms with Crippen LogP contribution >= 0.6 is 12.4 Å². The molecule has 0 heterocycles. The van der Waals surface area contributed by atoms with Gasteiger partial charge in [-0.05, 0) is 30.2 Å². The number of nitrogens with two attached hydrogens (primary N) is 1. The summed E-state index contributed by atoms with van der Waals surface area (Å²) in [6.07, 6.45) is 3.02. The van der Waals surface area contributed by atoms with Crippen LogP contribution in [0.15, 0.2) is 30.3 Å². The Morgan fingerprint density at radius 2 is 2.00 bits per heavy atom. The SMILES string of the molecule is CC1(CNC(=O)C(N)Cc2ccccc2)CC1.Cl. The van der Waals surface area contributed by atoms with Crippen molar-refractivity contribution in [2.75, 3.05) is 6.54 Å². The summed E-state index contributed by atoms with van der Waals surface area (Å²) in [4.78, 5) is 11.8. The van der Waals surface area contributed by atoms with Crippen LogP contribution in [0.2, 0.25) is 0 Å². The first-order valence-corrected chi connectivity index (χ1v) is 6.16. The van der Waals surface area contributed by atoms with Crippen molar-refractivity contribution in [2.45, 2.75) is 32.2 Å². The Hall–Kier alpha value is -1.06. The highest BCUT2D eigenvalue weighted by Gasteiger charge is 2.37. The number of carbonyl (C=O) groups excluding carboxylic acids is 1. The van der Waals surface area contributed by atoms with Crippen LogP contribution in [0, 0.1) is 5.41 Å². The Balaban J connectivity index is 0.00000162. The molecule has 0 aliphatic heterocycles. The van der Waals surface area contributed by atoms with Crippen LogP contribution in [0.5, 0.6) is 0 Å². The molecule has 1 saturated carbocycles. The average molecular weight is 269 g/mol. The molecule has 0 saturated heterocycles. The molecule has 100 valence electrons. The van der Waals surface area contributed by atoms with Crippen LogP contribution in [-0.2, 0) is 11.2 Å². The molecule has 1 fully saturated rings. The molecule has 1 unspecified atom stereocenters. The van der Waals surface area contributed by atoms with Crippen molar-refractivity contribution in [3.63, 3.8) is 0 Å². The predicted molar refractivity (Wildman–Crippen MR) is 75.7 cm³/mol. The third-order valence-corrected chi connectivity index (χ3v) is 3.43. The topological polar surface area (TPSA) is 55.1 Å². The summed E-state index contributed by atoms with van der Waals surface area (Å²) < 4.78 is 0. The van der Waals surface area contributed by atoms with Crippen LogP contribution in [-0.4, -0.2) is 18.5 Å². The normalized spacial score (nSPS) is 17.4. The molecule has 1 aliphatic rings. The van der Waals surface area contributed by atoms with Gasteiger partial charge in [0.25, 0.3) is 0 Å². The fourth-order valence-electron chi connectivity index (χ4n) is 1.78. The van der Waals surface area contributed by atoms with Gasteiger partial charge in [-0.1, -0.05) is 37.3 Å². The number of nitrogens with one attached hydrogen (secondary N) is 1. The molecule has 0 aromatic heterocycles. The minimum Gasteiger partial charge on any atom is -0.354 e. The van der Waals surface area contributed by atoms with Crippen LogP contribution < -0.4 is 11.1 Å². The van der Waals surface area contributed by atoms with Crippen molar-refractivity contribution in [1.82, 2.24) is 5.32 Å². The van der Waals surface area contributed by atoms with E-state index >= 15 is 0 Å². The molecule has 1 aliphatic carbocycles. The van der Waals surface area contributed by atoms with Gasteiger partial charge >= 0.3 is 0 Å². The van der Waals surface area contributed by atoms with Crippen LogP contribution in [0.4, 0.5) is 0 Å². The maximum absolute atomic E-state index is 11.8. The summed E-state index contributed by atoms with van der Waals surface area (Å²) in [6, 6.07) is 9.43. The number of rotatable bonds is 5. The molecule has 4 heteroatoms. The second-order valence-electron chi connectivity index (χ2n) is 5.32. The lowest BCUT2D eigenvalue weighted by molar-refractivity contribution is -0.122. The second-order valence-corrected chi connectivity index (χ2v) is 5.32. The van der Waals surface area contributed by atoms with Gasteiger partial charge in [-0.15, -0.1) is 12.4 Å². The largest absolute Gasteiger partial charge is 0.354 e. The lowest BCUT2D eigenvalue weighted by Crippen LogP contribution is -2.43. The van der Waals surface area contributed by atoms with Crippen molar-refractivity contribution in [1.29, 1.82) is 0 Å². The molecule has 2 rings (SSSR count). The van der Waals surface area contributed by atoms with Gasteiger partial charge in [0.1, 0.15) is 0 Å². The van der Waals surface area contributed by atoms with E-state index < -0.39 is 6.04 Å². The Morgan fingerprint density at radius 3 is 2.56 bits per heavy atom. The average Bonchev–Trinajstić information content (AvgIpc) is 3.06. The molecule has 1 amide bonds. The maximum Gasteiger partial charge on any atom is 0.237 e. The molecular formula is C14H21ClN2O. The van der Waals surface area contributed by atoms with Gasteiger partial charge in [-0.2, -0.15) is 0 Å². The molecule has 1 atom stereocenters. The fourth-order valence-corrected chi connectivity index (χ4v) is 1.78. The Morgan fingerprint density at radius 1 is 1.39 bits per heavy atom. The van der Waals surface area contributed by atoms with Crippen molar-refractivity contribution < 1.29 is 4.79 Å². The van der Waals surface area contributed by atoms with E-state index in [0.29, 0.717) is 11.8 Å². The summed E-state index contributed by atoms with van der Waals surface area (Å²) in [5.41, 5.74) is 7.33. The Bertz CT molecular complexity index is 390. The molecule has 0 spiro atoms. The quantitative estimate of drug-likeness (QED) is 0.857. The van der Waals surface area contributed by atoms with E-state index in [4.69, 9.17) is 5.73 Å². The molecule has 0 radical (unpaired) electrons. The van der Waals surface area contributed by atoms with E-state index in [0.717, 1.165) is 12.1 Å². The smallest absolute Gasteiger partial charge is 0.237 e. The zero-order valence-corrected chi connectivity index (χ0v) is 11.5. The molecule has 3 N–H and O–H groups in total. The highest BCUT2D eigenvalue weighted by Crippen LogP contribution is 2.43. The molecule has 3 nitrogen and oxygen atoms in total. The van der Waals surface area contributed by atoms with Gasteiger partial charge in [0.15, 0.2) is 0 Å². The van der Waals surface area contributed by atoms with E-state index in [-0.39, 0.29) is 18.3 Å². The van der Waals surface area contributed by atoms with E-state index in [1.54, 1.807) is 0 Å². The Kier molecular flexibility index (Phi) is 5.17. The predicted octanol–water partition coefficient (Wildman–Crippen LogP) is 1.89. The third-order valence-electron chi connectivity index (χ3n) is 3.43. The lowest BCUT2D eigenvalue weighted by Gasteiger charge is -2.14. The zero-order chi connectivity index (χ0) is 12.3. The standard InChI is InChI=1S/C14H20N2O.ClH/c1-14(7-8-14)10-16-13(17)12(15)9-11-5-3-2-4-6-11;/h2-6,12H,7-10,15H2,1H3,(H,16,17);1H. The van der Waals surface area contributed by atoms with Gasteiger partial charge < -0.3 is 11.1 Å². The summed E-state index contributed by atoms with van der Waals surface area (Å²) in [6.45, 7) is 2.95.